The van der Waals surface area contributed by atoms with Crippen LogP contribution in [0.5, 0.6) is 5.75 Å². The maximum Gasteiger partial charge on any atom is 0.249 e. The summed E-state index contributed by atoms with van der Waals surface area (Å²) in [6.45, 7) is 0.610. The maximum atomic E-state index is 12.9. The largest absolute Gasteiger partial charge is 0.495 e. The van der Waals surface area contributed by atoms with Crippen molar-refractivity contribution in [3.05, 3.63) is 24.3 Å². The molecule has 0 bridgehead atoms. The predicted octanol–water partition coefficient (Wildman–Crippen LogP) is 2.66. The van der Waals surface area contributed by atoms with Gasteiger partial charge in [0, 0.05) is 32.2 Å². The molecular formula is C20H24N4O3. The molecule has 0 spiro atoms. The zero-order valence-electron chi connectivity index (χ0n) is 15.5. The Morgan fingerprint density at radius 1 is 1.41 bits per heavy atom. The molecule has 1 fully saturated rings. The first-order chi connectivity index (χ1) is 13.1. The number of hydrogen-bond acceptors (Lipinski definition) is 5. The Bertz CT molecular complexity index is 778. The third-order valence-corrected chi connectivity index (χ3v) is 4.95. The van der Waals surface area contributed by atoms with E-state index in [-0.39, 0.29) is 18.2 Å². The zero-order chi connectivity index (χ0) is 19.3. The van der Waals surface area contributed by atoms with Crippen molar-refractivity contribution in [3.63, 3.8) is 0 Å². The van der Waals surface area contributed by atoms with Crippen LogP contribution in [-0.4, -0.2) is 37.2 Å². The van der Waals surface area contributed by atoms with Crippen LogP contribution in [0.4, 0.5) is 5.69 Å². The van der Waals surface area contributed by atoms with Crippen molar-refractivity contribution in [2.45, 2.75) is 50.2 Å². The summed E-state index contributed by atoms with van der Waals surface area (Å²) in [4.78, 5) is 26.9. The molecule has 2 aliphatic rings. The van der Waals surface area contributed by atoms with Crippen LogP contribution in [0.3, 0.4) is 0 Å². The van der Waals surface area contributed by atoms with Gasteiger partial charge in [-0.05, 0) is 25.0 Å². The van der Waals surface area contributed by atoms with Gasteiger partial charge in [-0.25, -0.2) is 0 Å². The smallest absolute Gasteiger partial charge is 0.249 e. The standard InChI is InChI=1S/C20H24N4O3/c1-3-4-12-20(22-23-20)13-11-18(25)21-15-8-7-14-24(19(15)26)16-9-5-6-10-17(16)27-2/h1,5-6,9-10,15H,4,7-8,11-14H2,2H3,(H,21,25). The molecule has 1 unspecified atom stereocenters. The summed E-state index contributed by atoms with van der Waals surface area (Å²) >= 11 is 0. The summed E-state index contributed by atoms with van der Waals surface area (Å²) in [5, 5.41) is 10.9. The molecule has 1 atom stereocenters. The number of amides is 2. The molecule has 2 heterocycles. The van der Waals surface area contributed by atoms with Crippen LogP contribution in [0.2, 0.25) is 0 Å². The molecule has 2 amide bonds. The molecule has 142 valence electrons. The Labute approximate surface area is 159 Å². The maximum absolute atomic E-state index is 12.9. The molecule has 0 aromatic heterocycles. The van der Waals surface area contributed by atoms with Crippen molar-refractivity contribution >= 4 is 17.5 Å². The minimum Gasteiger partial charge on any atom is -0.495 e. The highest BCUT2D eigenvalue weighted by atomic mass is 16.5. The Kier molecular flexibility index (Phi) is 5.75. The average molecular weight is 368 g/mol. The summed E-state index contributed by atoms with van der Waals surface area (Å²) in [6.07, 6.45) is 8.77. The third-order valence-electron chi connectivity index (χ3n) is 4.95. The van der Waals surface area contributed by atoms with Gasteiger partial charge in [-0.15, -0.1) is 12.3 Å². The second-order valence-electron chi connectivity index (χ2n) is 6.81. The van der Waals surface area contributed by atoms with E-state index in [1.807, 2.05) is 24.3 Å². The van der Waals surface area contributed by atoms with Crippen molar-refractivity contribution in [1.29, 1.82) is 0 Å². The number of benzene rings is 1. The van der Waals surface area contributed by atoms with E-state index < -0.39 is 11.7 Å². The fourth-order valence-corrected chi connectivity index (χ4v) is 3.35. The lowest BCUT2D eigenvalue weighted by molar-refractivity contribution is -0.128. The van der Waals surface area contributed by atoms with E-state index in [9.17, 15) is 9.59 Å². The predicted molar refractivity (Wildman–Crippen MR) is 101 cm³/mol. The minimum absolute atomic E-state index is 0.109. The van der Waals surface area contributed by atoms with Gasteiger partial charge in [0.25, 0.3) is 0 Å². The van der Waals surface area contributed by atoms with Crippen molar-refractivity contribution in [2.75, 3.05) is 18.6 Å². The number of nitrogens with one attached hydrogen (secondary N) is 1. The Morgan fingerprint density at radius 3 is 2.89 bits per heavy atom. The van der Waals surface area contributed by atoms with Crippen LogP contribution in [0, 0.1) is 12.3 Å². The molecule has 0 radical (unpaired) electrons. The number of hydrogen-bond donors (Lipinski definition) is 1. The van der Waals surface area contributed by atoms with Crippen LogP contribution in [0.25, 0.3) is 0 Å². The first-order valence-electron chi connectivity index (χ1n) is 9.20. The van der Waals surface area contributed by atoms with Gasteiger partial charge in [-0.2, -0.15) is 10.2 Å². The number of anilines is 1. The van der Waals surface area contributed by atoms with Gasteiger partial charge in [0.2, 0.25) is 11.8 Å². The van der Waals surface area contributed by atoms with Gasteiger partial charge >= 0.3 is 0 Å². The summed E-state index contributed by atoms with van der Waals surface area (Å²) in [5.41, 5.74) is 0.247. The number of para-hydroxylation sites is 2. The second-order valence-corrected chi connectivity index (χ2v) is 6.81. The van der Waals surface area contributed by atoms with Gasteiger partial charge in [0.05, 0.1) is 12.8 Å². The summed E-state index contributed by atoms with van der Waals surface area (Å²) in [6, 6.07) is 6.88. The first kappa shape index (κ1) is 18.9. The molecule has 1 aromatic rings. The van der Waals surface area contributed by atoms with Crippen molar-refractivity contribution in [1.82, 2.24) is 5.32 Å². The Hall–Kier alpha value is -2.88. The summed E-state index contributed by atoms with van der Waals surface area (Å²) < 4.78 is 5.36. The van der Waals surface area contributed by atoms with Gasteiger partial charge in [0.15, 0.2) is 5.66 Å². The van der Waals surface area contributed by atoms with Crippen molar-refractivity contribution < 1.29 is 14.3 Å². The van der Waals surface area contributed by atoms with E-state index in [2.05, 4.69) is 21.5 Å². The highest BCUT2D eigenvalue weighted by molar-refractivity contribution is 6.00. The van der Waals surface area contributed by atoms with E-state index in [0.29, 0.717) is 38.0 Å². The first-order valence-corrected chi connectivity index (χ1v) is 9.20. The van der Waals surface area contributed by atoms with Crippen molar-refractivity contribution in [2.24, 2.45) is 10.2 Å². The number of rotatable bonds is 8. The average Bonchev–Trinajstić information content (AvgIpc) is 3.47. The molecule has 1 aromatic carbocycles. The fraction of sp³-hybridized carbons (Fsp3) is 0.500. The molecule has 7 nitrogen and oxygen atoms in total. The van der Waals surface area contributed by atoms with E-state index in [1.54, 1.807) is 12.0 Å². The summed E-state index contributed by atoms with van der Waals surface area (Å²) in [5.74, 6) is 2.95. The molecular weight excluding hydrogens is 344 g/mol. The van der Waals surface area contributed by atoms with Crippen LogP contribution >= 0.6 is 0 Å². The van der Waals surface area contributed by atoms with E-state index in [1.165, 1.54) is 0 Å². The summed E-state index contributed by atoms with van der Waals surface area (Å²) in [7, 11) is 1.58. The number of ether oxygens (including phenoxy) is 1. The number of methoxy groups -OCH3 is 1. The number of carbonyl (C=O) groups is 2. The molecule has 0 saturated carbocycles. The minimum atomic E-state index is -0.522. The van der Waals surface area contributed by atoms with Gasteiger partial charge < -0.3 is 15.0 Å². The number of nitrogens with zero attached hydrogens (tertiary/aromatic N) is 3. The number of terminal acetylenes is 1. The van der Waals surface area contributed by atoms with E-state index in [0.717, 1.165) is 12.1 Å². The van der Waals surface area contributed by atoms with Crippen LogP contribution in [0.1, 0.15) is 38.5 Å². The third kappa shape index (κ3) is 4.45. The normalized spacial score (nSPS) is 20.1. The fourth-order valence-electron chi connectivity index (χ4n) is 3.35. The zero-order valence-corrected chi connectivity index (χ0v) is 15.5. The highest BCUT2D eigenvalue weighted by Gasteiger charge is 2.39. The van der Waals surface area contributed by atoms with E-state index >= 15 is 0 Å². The second kappa shape index (κ2) is 8.21. The number of carbonyl (C=O) groups excluding carboxylic acids is 2. The van der Waals surface area contributed by atoms with Crippen molar-refractivity contribution in [3.8, 4) is 18.1 Å². The lowest BCUT2D eigenvalue weighted by Gasteiger charge is -2.33. The molecule has 3 rings (SSSR count). The van der Waals surface area contributed by atoms with Gasteiger partial charge in [-0.1, -0.05) is 12.1 Å². The Balaban J connectivity index is 1.56. The quantitative estimate of drug-likeness (QED) is 0.716. The molecule has 1 N–H and O–H groups in total. The van der Waals surface area contributed by atoms with Gasteiger partial charge in [-0.3, -0.25) is 9.59 Å². The van der Waals surface area contributed by atoms with E-state index in [4.69, 9.17) is 11.2 Å². The van der Waals surface area contributed by atoms with Crippen LogP contribution in [-0.2, 0) is 9.59 Å². The van der Waals surface area contributed by atoms with Crippen LogP contribution < -0.4 is 15.0 Å². The topological polar surface area (TPSA) is 83.4 Å². The lowest BCUT2D eigenvalue weighted by Crippen LogP contribution is -2.52. The molecule has 27 heavy (non-hydrogen) atoms. The highest BCUT2D eigenvalue weighted by Crippen LogP contribution is 2.37. The Morgan fingerprint density at radius 2 is 2.19 bits per heavy atom. The number of piperidine rings is 1. The molecule has 1 saturated heterocycles. The SMILES string of the molecule is C#CCCC1(CCC(=O)NC2CCCN(c3ccccc3OC)C2=O)N=N1. The van der Waals surface area contributed by atoms with Gasteiger partial charge in [0.1, 0.15) is 11.8 Å². The lowest BCUT2D eigenvalue weighted by atomic mass is 10.0. The molecule has 7 heteroatoms. The molecule has 2 aliphatic heterocycles. The molecule has 0 aliphatic carbocycles. The monoisotopic (exact) mass is 368 g/mol. The van der Waals surface area contributed by atoms with Crippen LogP contribution in [0.15, 0.2) is 34.5 Å².